The fourth-order valence-electron chi connectivity index (χ4n) is 5.49. The van der Waals surface area contributed by atoms with Crippen LogP contribution in [0.1, 0.15) is 36.6 Å². The van der Waals surface area contributed by atoms with Crippen molar-refractivity contribution in [1.82, 2.24) is 19.9 Å². The van der Waals surface area contributed by atoms with Gasteiger partial charge in [-0.05, 0) is 97.1 Å². The van der Waals surface area contributed by atoms with Gasteiger partial charge in [-0.15, -0.1) is 0 Å². The Morgan fingerprint density at radius 2 is 1.02 bits per heavy atom. The van der Waals surface area contributed by atoms with E-state index in [0.29, 0.717) is 11.5 Å². The van der Waals surface area contributed by atoms with Gasteiger partial charge in [0.15, 0.2) is 0 Å². The zero-order chi connectivity index (χ0) is 31.9. The minimum Gasteiger partial charge on any atom is -0.427 e. The van der Waals surface area contributed by atoms with Gasteiger partial charge in [-0.25, -0.2) is 9.97 Å². The normalized spacial score (nSPS) is 11.9. The lowest BCUT2D eigenvalue weighted by atomic mass is 10.0. The summed E-state index contributed by atoms with van der Waals surface area (Å²) in [5, 5.41) is 0. The standard InChI is InChI=1S/C36H24Br2N4O4/c1-19(43)45-25-7-9-29(37)27(17-25)35-31-11-3-21(39-31)15-23-5-13-33(41-23)36(28-18-26(46-20(2)44)8-10-30(28)38)34-14-6-24(42-34)16-22-4-12-32(35)40-22/h3-18,39,42H,1-2H3. The molecular weight excluding hydrogens is 712 g/mol. The molecule has 5 heterocycles. The highest BCUT2D eigenvalue weighted by Crippen LogP contribution is 2.39. The minimum atomic E-state index is -0.395. The number of esters is 2. The average molecular weight is 736 g/mol. The van der Waals surface area contributed by atoms with Gasteiger partial charge < -0.3 is 19.4 Å². The topological polar surface area (TPSA) is 110 Å². The number of aromatic nitrogens is 4. The predicted molar refractivity (Wildman–Crippen MR) is 188 cm³/mol. The van der Waals surface area contributed by atoms with E-state index < -0.39 is 11.9 Å². The maximum Gasteiger partial charge on any atom is 0.308 e. The molecule has 7 rings (SSSR count). The second-order valence-electron chi connectivity index (χ2n) is 10.7. The predicted octanol–water partition coefficient (Wildman–Crippen LogP) is 9.37. The number of carbonyl (C=O) groups excluding carboxylic acids is 2. The third-order valence-electron chi connectivity index (χ3n) is 7.34. The lowest BCUT2D eigenvalue weighted by Crippen LogP contribution is -2.01. The molecule has 0 atom stereocenters. The Morgan fingerprint density at radius 3 is 1.43 bits per heavy atom. The number of nitrogens with zero attached hydrogens (tertiary/aromatic N) is 2. The van der Waals surface area contributed by atoms with Gasteiger partial charge in [-0.1, -0.05) is 31.9 Å². The first-order valence-corrected chi connectivity index (χ1v) is 15.9. The molecule has 0 amide bonds. The van der Waals surface area contributed by atoms with Crippen LogP contribution in [0.4, 0.5) is 0 Å². The zero-order valence-corrected chi connectivity index (χ0v) is 27.7. The van der Waals surface area contributed by atoms with E-state index >= 15 is 0 Å². The van der Waals surface area contributed by atoms with E-state index in [1.165, 1.54) is 13.8 Å². The highest BCUT2D eigenvalue weighted by atomic mass is 79.9. The summed E-state index contributed by atoms with van der Waals surface area (Å²) in [6.07, 6.45) is 7.86. The van der Waals surface area contributed by atoms with E-state index in [0.717, 1.165) is 76.0 Å². The number of hydrogen-bond donors (Lipinski definition) is 2. The SMILES string of the molecule is CC(=O)Oc1ccc(Br)c(-c2c3nc(cc4ccc([nH]4)c(-c4cc(OC(C)=O)ccc4Br)c4nc(cc5ccc2[nH]5)C=C4)C=C3)c1. The molecular formula is C36H24Br2N4O4. The summed E-state index contributed by atoms with van der Waals surface area (Å²) in [7, 11) is 0. The van der Waals surface area contributed by atoms with Crippen LogP contribution < -0.4 is 9.47 Å². The summed E-state index contributed by atoms with van der Waals surface area (Å²) in [4.78, 5) is 40.5. The Balaban J connectivity index is 1.51. The van der Waals surface area contributed by atoms with E-state index in [1.807, 2.05) is 85.0 Å². The summed E-state index contributed by atoms with van der Waals surface area (Å²) >= 11 is 7.40. The third-order valence-corrected chi connectivity index (χ3v) is 8.72. The molecule has 10 heteroatoms. The Kier molecular flexibility index (Phi) is 7.75. The largest absolute Gasteiger partial charge is 0.427 e. The number of benzene rings is 2. The van der Waals surface area contributed by atoms with Crippen LogP contribution in [0.5, 0.6) is 11.5 Å². The first-order chi connectivity index (χ1) is 22.2. The van der Waals surface area contributed by atoms with Crippen LogP contribution >= 0.6 is 31.9 Å². The van der Waals surface area contributed by atoms with Crippen molar-refractivity contribution in [2.45, 2.75) is 13.8 Å². The molecule has 46 heavy (non-hydrogen) atoms. The summed E-state index contributed by atoms with van der Waals surface area (Å²) in [6.45, 7) is 2.76. The molecule has 0 saturated heterocycles. The van der Waals surface area contributed by atoms with Crippen LogP contribution in [-0.4, -0.2) is 31.9 Å². The van der Waals surface area contributed by atoms with E-state index in [-0.39, 0.29) is 0 Å². The highest BCUT2D eigenvalue weighted by Gasteiger charge is 2.17. The Labute approximate surface area is 280 Å². The van der Waals surface area contributed by atoms with Gasteiger partial charge in [0.25, 0.3) is 0 Å². The van der Waals surface area contributed by atoms with Crippen LogP contribution in [0.25, 0.3) is 68.6 Å². The molecule has 8 bridgehead atoms. The van der Waals surface area contributed by atoms with Crippen LogP contribution in [0.2, 0.25) is 0 Å². The molecule has 2 aliphatic heterocycles. The Morgan fingerprint density at radius 1 is 0.587 bits per heavy atom. The summed E-state index contributed by atoms with van der Waals surface area (Å²) in [5.74, 6) is 0.0826. The molecule has 0 spiro atoms. The second kappa shape index (κ2) is 12.0. The first kappa shape index (κ1) is 29.6. The fraction of sp³-hybridized carbons (Fsp3) is 0.0556. The fourth-order valence-corrected chi connectivity index (χ4v) is 6.38. The number of hydrogen-bond acceptors (Lipinski definition) is 6. The maximum absolute atomic E-state index is 11.7. The molecule has 0 unspecified atom stereocenters. The van der Waals surface area contributed by atoms with Crippen molar-refractivity contribution in [3.05, 3.63) is 105 Å². The third kappa shape index (κ3) is 5.96. The van der Waals surface area contributed by atoms with E-state index in [9.17, 15) is 9.59 Å². The molecule has 0 radical (unpaired) electrons. The van der Waals surface area contributed by atoms with Gasteiger partial charge in [0, 0.05) is 67.1 Å². The molecule has 2 aromatic carbocycles. The average Bonchev–Trinajstić information content (AvgIpc) is 3.82. The summed E-state index contributed by atoms with van der Waals surface area (Å²) < 4.78 is 12.5. The van der Waals surface area contributed by atoms with Crippen molar-refractivity contribution in [3.63, 3.8) is 0 Å². The van der Waals surface area contributed by atoms with Gasteiger partial charge in [-0.3, -0.25) is 9.59 Å². The van der Waals surface area contributed by atoms with Crippen molar-refractivity contribution >= 4 is 90.2 Å². The smallest absolute Gasteiger partial charge is 0.308 e. The number of H-pyrrole nitrogens is 2. The van der Waals surface area contributed by atoms with E-state index in [4.69, 9.17) is 19.4 Å². The minimum absolute atomic E-state index is 0.395. The Hall–Kier alpha value is -5.06. The quantitative estimate of drug-likeness (QED) is 0.138. The van der Waals surface area contributed by atoms with Gasteiger partial charge in [-0.2, -0.15) is 0 Å². The Bertz CT molecular complexity index is 2150. The van der Waals surface area contributed by atoms with E-state index in [1.54, 1.807) is 12.1 Å². The molecule has 2 aliphatic rings. The van der Waals surface area contributed by atoms with Gasteiger partial charge >= 0.3 is 11.9 Å². The number of fused-ring (bicyclic) bond motifs is 8. The van der Waals surface area contributed by atoms with Crippen molar-refractivity contribution < 1.29 is 19.1 Å². The van der Waals surface area contributed by atoms with Gasteiger partial charge in [0.2, 0.25) is 0 Å². The lowest BCUT2D eigenvalue weighted by molar-refractivity contribution is -0.132. The monoisotopic (exact) mass is 734 g/mol. The van der Waals surface area contributed by atoms with Crippen LogP contribution in [0, 0.1) is 0 Å². The number of aromatic amines is 2. The zero-order valence-electron chi connectivity index (χ0n) is 24.5. The van der Waals surface area contributed by atoms with Crippen LogP contribution in [0.3, 0.4) is 0 Å². The highest BCUT2D eigenvalue weighted by molar-refractivity contribution is 9.11. The number of ether oxygens (including phenoxy) is 2. The molecule has 226 valence electrons. The number of rotatable bonds is 4. The number of carbonyl (C=O) groups is 2. The van der Waals surface area contributed by atoms with Crippen LogP contribution in [0.15, 0.2) is 81.7 Å². The number of nitrogens with one attached hydrogen (secondary N) is 2. The molecule has 8 nitrogen and oxygen atoms in total. The van der Waals surface area contributed by atoms with Gasteiger partial charge in [0.05, 0.1) is 22.8 Å². The first-order valence-electron chi connectivity index (χ1n) is 14.3. The molecule has 2 N–H and O–H groups in total. The number of halogens is 2. The lowest BCUT2D eigenvalue weighted by Gasteiger charge is -2.09. The molecule has 0 fully saturated rings. The van der Waals surface area contributed by atoms with Gasteiger partial charge in [0.1, 0.15) is 11.5 Å². The van der Waals surface area contributed by atoms with Crippen molar-refractivity contribution in [1.29, 1.82) is 0 Å². The maximum atomic E-state index is 11.7. The molecule has 0 saturated carbocycles. The van der Waals surface area contributed by atoms with Crippen LogP contribution in [-0.2, 0) is 9.59 Å². The van der Waals surface area contributed by atoms with Crippen molar-refractivity contribution in [2.75, 3.05) is 0 Å². The van der Waals surface area contributed by atoms with Crippen molar-refractivity contribution in [3.8, 4) is 33.8 Å². The van der Waals surface area contributed by atoms with Crippen molar-refractivity contribution in [2.24, 2.45) is 0 Å². The molecule has 0 aliphatic carbocycles. The molecule has 3 aromatic heterocycles. The summed E-state index contributed by atoms with van der Waals surface area (Å²) in [5.41, 5.74) is 9.65. The van der Waals surface area contributed by atoms with E-state index in [2.05, 4.69) is 41.8 Å². The summed E-state index contributed by atoms with van der Waals surface area (Å²) in [6, 6.07) is 22.8. The second-order valence-corrected chi connectivity index (χ2v) is 12.4. The molecule has 5 aromatic rings.